The Bertz CT molecular complexity index is 965. The zero-order valence-corrected chi connectivity index (χ0v) is 14.9. The van der Waals surface area contributed by atoms with Crippen LogP contribution in [0.3, 0.4) is 0 Å². The molecule has 0 bridgehead atoms. The highest BCUT2D eigenvalue weighted by molar-refractivity contribution is 5.96. The molecule has 27 heavy (non-hydrogen) atoms. The molecule has 138 valence electrons. The van der Waals surface area contributed by atoms with E-state index < -0.39 is 11.9 Å². The average molecular weight is 365 g/mol. The van der Waals surface area contributed by atoms with Gasteiger partial charge in [0, 0.05) is 31.2 Å². The molecule has 1 atom stereocenters. The summed E-state index contributed by atoms with van der Waals surface area (Å²) in [6, 6.07) is 9.78. The SMILES string of the molecule is COc1ccccc1C(NC(=O)c1ccc(C(N)=O)nc1)c1nccn1C. The highest BCUT2D eigenvalue weighted by Gasteiger charge is 2.24. The number of nitrogens with zero attached hydrogens (tertiary/aromatic N) is 3. The van der Waals surface area contributed by atoms with Gasteiger partial charge in [0.2, 0.25) is 0 Å². The number of para-hydroxylation sites is 1. The van der Waals surface area contributed by atoms with E-state index in [4.69, 9.17) is 10.5 Å². The number of carbonyl (C=O) groups is 2. The summed E-state index contributed by atoms with van der Waals surface area (Å²) < 4.78 is 7.27. The first-order valence-corrected chi connectivity index (χ1v) is 8.18. The van der Waals surface area contributed by atoms with Crippen LogP contribution < -0.4 is 15.8 Å². The molecule has 8 nitrogen and oxygen atoms in total. The van der Waals surface area contributed by atoms with Crippen molar-refractivity contribution in [2.75, 3.05) is 7.11 Å². The Morgan fingerprint density at radius 1 is 1.19 bits per heavy atom. The maximum atomic E-state index is 12.8. The Balaban J connectivity index is 1.95. The molecule has 1 aromatic carbocycles. The number of aromatic nitrogens is 3. The number of nitrogens with two attached hydrogens (primary N) is 1. The molecule has 0 spiro atoms. The molecule has 8 heteroatoms. The van der Waals surface area contributed by atoms with E-state index in [1.165, 1.54) is 18.3 Å². The first-order valence-electron chi connectivity index (χ1n) is 8.18. The summed E-state index contributed by atoms with van der Waals surface area (Å²) in [5, 5.41) is 2.96. The summed E-state index contributed by atoms with van der Waals surface area (Å²) in [5.41, 5.74) is 6.34. The molecule has 3 N–H and O–H groups in total. The molecule has 0 saturated carbocycles. The minimum absolute atomic E-state index is 0.0944. The Morgan fingerprint density at radius 2 is 1.96 bits per heavy atom. The second-order valence-electron chi connectivity index (χ2n) is 5.84. The van der Waals surface area contributed by atoms with Gasteiger partial charge in [0.15, 0.2) is 0 Å². The van der Waals surface area contributed by atoms with Crippen LogP contribution in [-0.2, 0) is 7.05 Å². The summed E-state index contributed by atoms with van der Waals surface area (Å²) in [7, 11) is 3.42. The number of imidazole rings is 1. The van der Waals surface area contributed by atoms with Gasteiger partial charge < -0.3 is 20.4 Å². The van der Waals surface area contributed by atoms with Crippen LogP contribution in [0.2, 0.25) is 0 Å². The predicted octanol–water partition coefficient (Wildman–Crippen LogP) is 1.44. The monoisotopic (exact) mass is 365 g/mol. The maximum Gasteiger partial charge on any atom is 0.267 e. The summed E-state index contributed by atoms with van der Waals surface area (Å²) in [6.07, 6.45) is 4.77. The van der Waals surface area contributed by atoms with Gasteiger partial charge in [-0.3, -0.25) is 14.6 Å². The fourth-order valence-electron chi connectivity index (χ4n) is 2.73. The molecule has 0 fully saturated rings. The standard InChI is InChI=1S/C19H19N5O3/c1-24-10-9-21-18(24)16(13-5-3-4-6-15(13)27-2)23-19(26)12-7-8-14(17(20)25)22-11-12/h3-11,16H,1-2H3,(H2,20,25)(H,23,26). The van der Waals surface area contributed by atoms with Crippen LogP contribution in [0.5, 0.6) is 5.75 Å². The van der Waals surface area contributed by atoms with Crippen LogP contribution >= 0.6 is 0 Å². The third kappa shape index (κ3) is 3.79. The fraction of sp³-hybridized carbons (Fsp3) is 0.158. The van der Waals surface area contributed by atoms with Crippen molar-refractivity contribution in [1.82, 2.24) is 19.9 Å². The number of benzene rings is 1. The fourth-order valence-corrected chi connectivity index (χ4v) is 2.73. The summed E-state index contributed by atoms with van der Waals surface area (Å²) in [4.78, 5) is 32.2. The van der Waals surface area contributed by atoms with E-state index in [1.54, 1.807) is 19.5 Å². The first-order chi connectivity index (χ1) is 13.0. The number of carbonyl (C=O) groups excluding carboxylic acids is 2. The normalized spacial score (nSPS) is 11.6. The molecule has 0 aliphatic carbocycles. The Hall–Kier alpha value is -3.68. The number of primary amides is 1. The van der Waals surface area contributed by atoms with Crippen molar-refractivity contribution < 1.29 is 14.3 Å². The number of hydrogen-bond acceptors (Lipinski definition) is 5. The van der Waals surface area contributed by atoms with E-state index in [9.17, 15) is 9.59 Å². The van der Waals surface area contributed by atoms with E-state index >= 15 is 0 Å². The average Bonchev–Trinajstić information content (AvgIpc) is 3.11. The highest BCUT2D eigenvalue weighted by Crippen LogP contribution is 2.29. The Morgan fingerprint density at radius 3 is 2.56 bits per heavy atom. The van der Waals surface area contributed by atoms with Crippen molar-refractivity contribution in [3.63, 3.8) is 0 Å². The molecule has 0 aliphatic rings. The second-order valence-corrected chi connectivity index (χ2v) is 5.84. The minimum Gasteiger partial charge on any atom is -0.496 e. The zero-order valence-electron chi connectivity index (χ0n) is 14.9. The topological polar surface area (TPSA) is 112 Å². The number of pyridine rings is 1. The number of amides is 2. The summed E-state index contributed by atoms with van der Waals surface area (Å²) in [5.74, 6) is 0.266. The summed E-state index contributed by atoms with van der Waals surface area (Å²) in [6.45, 7) is 0. The molecule has 2 heterocycles. The molecule has 2 aromatic heterocycles. The molecule has 0 radical (unpaired) electrons. The van der Waals surface area contributed by atoms with Crippen molar-refractivity contribution in [1.29, 1.82) is 0 Å². The van der Waals surface area contributed by atoms with Crippen molar-refractivity contribution >= 4 is 11.8 Å². The van der Waals surface area contributed by atoms with Crippen LogP contribution in [0.4, 0.5) is 0 Å². The van der Waals surface area contributed by atoms with Crippen molar-refractivity contribution in [3.05, 3.63) is 77.6 Å². The zero-order chi connectivity index (χ0) is 19.4. The van der Waals surface area contributed by atoms with Gasteiger partial charge in [0.25, 0.3) is 11.8 Å². The van der Waals surface area contributed by atoms with Gasteiger partial charge in [-0.05, 0) is 18.2 Å². The molecule has 3 aromatic rings. The lowest BCUT2D eigenvalue weighted by atomic mass is 10.0. The number of ether oxygens (including phenoxy) is 1. The lowest BCUT2D eigenvalue weighted by molar-refractivity contribution is 0.0937. The molecular formula is C19H19N5O3. The third-order valence-electron chi connectivity index (χ3n) is 4.12. The first kappa shape index (κ1) is 18.1. The number of hydrogen-bond donors (Lipinski definition) is 2. The van der Waals surface area contributed by atoms with Gasteiger partial charge in [0.1, 0.15) is 23.3 Å². The largest absolute Gasteiger partial charge is 0.496 e. The van der Waals surface area contributed by atoms with Crippen LogP contribution in [-0.4, -0.2) is 33.5 Å². The highest BCUT2D eigenvalue weighted by atomic mass is 16.5. The van der Waals surface area contributed by atoms with E-state index in [1.807, 2.05) is 35.9 Å². The lowest BCUT2D eigenvalue weighted by Gasteiger charge is -2.21. The second kappa shape index (κ2) is 7.69. The van der Waals surface area contributed by atoms with Gasteiger partial charge >= 0.3 is 0 Å². The van der Waals surface area contributed by atoms with Crippen LogP contribution in [0, 0.1) is 0 Å². The molecule has 1 unspecified atom stereocenters. The maximum absolute atomic E-state index is 12.8. The van der Waals surface area contributed by atoms with E-state index in [0.717, 1.165) is 5.56 Å². The van der Waals surface area contributed by atoms with E-state index in [-0.39, 0.29) is 11.6 Å². The molecule has 3 rings (SSSR count). The van der Waals surface area contributed by atoms with Gasteiger partial charge in [-0.25, -0.2) is 4.98 Å². The lowest BCUT2D eigenvalue weighted by Crippen LogP contribution is -2.31. The van der Waals surface area contributed by atoms with E-state index in [2.05, 4.69) is 15.3 Å². The number of aryl methyl sites for hydroxylation is 1. The molecule has 0 aliphatic heterocycles. The van der Waals surface area contributed by atoms with Crippen LogP contribution in [0.15, 0.2) is 55.0 Å². The Kier molecular flexibility index (Phi) is 5.16. The molecule has 0 saturated heterocycles. The van der Waals surface area contributed by atoms with Crippen LogP contribution in [0.1, 0.15) is 38.3 Å². The van der Waals surface area contributed by atoms with Gasteiger partial charge in [-0.1, -0.05) is 18.2 Å². The summed E-state index contributed by atoms with van der Waals surface area (Å²) >= 11 is 0. The third-order valence-corrected chi connectivity index (χ3v) is 4.12. The number of methoxy groups -OCH3 is 1. The Labute approximate surface area is 156 Å². The van der Waals surface area contributed by atoms with Crippen molar-refractivity contribution in [2.24, 2.45) is 12.8 Å². The van der Waals surface area contributed by atoms with E-state index in [0.29, 0.717) is 17.1 Å². The van der Waals surface area contributed by atoms with Gasteiger partial charge in [-0.2, -0.15) is 0 Å². The smallest absolute Gasteiger partial charge is 0.267 e. The quantitative estimate of drug-likeness (QED) is 0.686. The number of nitrogens with one attached hydrogen (secondary N) is 1. The van der Waals surface area contributed by atoms with Crippen LogP contribution in [0.25, 0.3) is 0 Å². The van der Waals surface area contributed by atoms with Crippen molar-refractivity contribution in [3.8, 4) is 5.75 Å². The molecule has 2 amide bonds. The predicted molar refractivity (Wildman–Crippen MR) is 98.3 cm³/mol. The minimum atomic E-state index is -0.651. The van der Waals surface area contributed by atoms with Crippen molar-refractivity contribution in [2.45, 2.75) is 6.04 Å². The van der Waals surface area contributed by atoms with Gasteiger partial charge in [0.05, 0.1) is 12.7 Å². The number of rotatable bonds is 6. The molecular weight excluding hydrogens is 346 g/mol. The van der Waals surface area contributed by atoms with Gasteiger partial charge in [-0.15, -0.1) is 0 Å².